The number of hydrogen-bond donors (Lipinski definition) is 1. The molecule has 1 atom stereocenters. The minimum atomic E-state index is -0.0145. The maximum Gasteiger partial charge on any atom is 0.253 e. The summed E-state index contributed by atoms with van der Waals surface area (Å²) in [5.41, 5.74) is 3.13. The zero-order valence-corrected chi connectivity index (χ0v) is 16.7. The lowest BCUT2D eigenvalue weighted by Crippen LogP contribution is -2.51. The molecular formula is C23H29N3O2. The van der Waals surface area contributed by atoms with Gasteiger partial charge in [0, 0.05) is 31.7 Å². The first-order valence-corrected chi connectivity index (χ1v) is 10.0. The van der Waals surface area contributed by atoms with Crippen molar-refractivity contribution in [3.05, 3.63) is 71.3 Å². The molecule has 0 bridgehead atoms. The fourth-order valence-corrected chi connectivity index (χ4v) is 3.49. The first kappa shape index (κ1) is 20.1. The van der Waals surface area contributed by atoms with Crippen LogP contribution in [0, 0.1) is 0 Å². The van der Waals surface area contributed by atoms with Crippen LogP contribution in [0.15, 0.2) is 54.6 Å². The Labute approximate surface area is 167 Å². The average molecular weight is 380 g/mol. The lowest BCUT2D eigenvalue weighted by atomic mass is 10.0. The second-order valence-corrected chi connectivity index (χ2v) is 7.32. The first-order valence-electron chi connectivity index (χ1n) is 10.0. The molecule has 0 aromatic heterocycles. The number of aryl methyl sites for hydroxylation is 1. The molecule has 1 saturated heterocycles. The average Bonchev–Trinajstić information content (AvgIpc) is 2.74. The normalized spacial score (nSPS) is 15.9. The third-order valence-electron chi connectivity index (χ3n) is 5.31. The summed E-state index contributed by atoms with van der Waals surface area (Å²) >= 11 is 0. The molecule has 0 spiro atoms. The third-order valence-corrected chi connectivity index (χ3v) is 5.31. The Morgan fingerprint density at radius 1 is 0.964 bits per heavy atom. The van der Waals surface area contributed by atoms with Crippen molar-refractivity contribution in [2.45, 2.75) is 26.3 Å². The number of benzene rings is 2. The number of nitrogens with one attached hydrogen (secondary N) is 1. The van der Waals surface area contributed by atoms with Gasteiger partial charge < -0.3 is 10.2 Å². The molecule has 1 heterocycles. The molecule has 2 aromatic carbocycles. The summed E-state index contributed by atoms with van der Waals surface area (Å²) in [5, 5.41) is 3.08. The molecule has 3 rings (SSSR count). The smallest absolute Gasteiger partial charge is 0.253 e. The molecule has 5 nitrogen and oxygen atoms in total. The van der Waals surface area contributed by atoms with Crippen molar-refractivity contribution in [2.24, 2.45) is 0 Å². The number of carbonyl (C=O) groups is 2. The highest BCUT2D eigenvalue weighted by molar-refractivity contribution is 5.94. The summed E-state index contributed by atoms with van der Waals surface area (Å²) in [6.45, 7) is 7.23. The second kappa shape index (κ2) is 9.51. The molecule has 5 heteroatoms. The van der Waals surface area contributed by atoms with E-state index in [-0.39, 0.29) is 17.9 Å². The van der Waals surface area contributed by atoms with Gasteiger partial charge in [-0.05, 0) is 36.6 Å². The Kier molecular flexibility index (Phi) is 6.82. The fourth-order valence-electron chi connectivity index (χ4n) is 3.49. The SMILES string of the molecule is CCc1ccc([C@H](C)NC(=O)CN2CCN(C(=O)c3ccccc3)CC2)cc1. The Morgan fingerprint density at radius 3 is 2.21 bits per heavy atom. The van der Waals surface area contributed by atoms with Crippen LogP contribution < -0.4 is 5.32 Å². The van der Waals surface area contributed by atoms with E-state index in [1.165, 1.54) is 5.56 Å². The van der Waals surface area contributed by atoms with Gasteiger partial charge in [0.25, 0.3) is 5.91 Å². The number of carbonyl (C=O) groups excluding carboxylic acids is 2. The second-order valence-electron chi connectivity index (χ2n) is 7.32. The van der Waals surface area contributed by atoms with E-state index in [2.05, 4.69) is 41.4 Å². The molecule has 1 fully saturated rings. The van der Waals surface area contributed by atoms with E-state index in [0.29, 0.717) is 32.7 Å². The topological polar surface area (TPSA) is 52.7 Å². The van der Waals surface area contributed by atoms with Gasteiger partial charge in [0.2, 0.25) is 5.91 Å². The molecule has 0 saturated carbocycles. The van der Waals surface area contributed by atoms with Gasteiger partial charge in [0.15, 0.2) is 0 Å². The lowest BCUT2D eigenvalue weighted by Gasteiger charge is -2.34. The van der Waals surface area contributed by atoms with Gasteiger partial charge in [-0.25, -0.2) is 0 Å². The van der Waals surface area contributed by atoms with Crippen LogP contribution in [0.3, 0.4) is 0 Å². The maximum absolute atomic E-state index is 12.5. The van der Waals surface area contributed by atoms with E-state index in [4.69, 9.17) is 0 Å². The van der Waals surface area contributed by atoms with Crippen molar-refractivity contribution in [3.8, 4) is 0 Å². The Hall–Kier alpha value is -2.66. The van der Waals surface area contributed by atoms with Crippen LogP contribution in [0.4, 0.5) is 0 Å². The zero-order valence-electron chi connectivity index (χ0n) is 16.7. The van der Waals surface area contributed by atoms with Crippen molar-refractivity contribution in [2.75, 3.05) is 32.7 Å². The highest BCUT2D eigenvalue weighted by atomic mass is 16.2. The largest absolute Gasteiger partial charge is 0.348 e. The van der Waals surface area contributed by atoms with Gasteiger partial charge in [-0.3, -0.25) is 14.5 Å². The minimum Gasteiger partial charge on any atom is -0.348 e. The highest BCUT2D eigenvalue weighted by Crippen LogP contribution is 2.14. The standard InChI is InChI=1S/C23H29N3O2/c1-3-19-9-11-20(12-10-19)18(2)24-22(27)17-25-13-15-26(16-14-25)23(28)21-7-5-4-6-8-21/h4-12,18H,3,13-17H2,1-2H3,(H,24,27)/t18-/m0/s1. The lowest BCUT2D eigenvalue weighted by molar-refractivity contribution is -0.123. The summed E-state index contributed by atoms with van der Waals surface area (Å²) < 4.78 is 0. The van der Waals surface area contributed by atoms with Crippen molar-refractivity contribution in [3.63, 3.8) is 0 Å². The fraction of sp³-hybridized carbons (Fsp3) is 0.391. The van der Waals surface area contributed by atoms with Crippen LogP contribution in [0.1, 0.15) is 41.4 Å². The van der Waals surface area contributed by atoms with Crippen molar-refractivity contribution in [1.82, 2.24) is 15.1 Å². The third kappa shape index (κ3) is 5.20. The molecular weight excluding hydrogens is 350 g/mol. The molecule has 2 aromatic rings. The highest BCUT2D eigenvalue weighted by Gasteiger charge is 2.23. The van der Waals surface area contributed by atoms with Gasteiger partial charge >= 0.3 is 0 Å². The maximum atomic E-state index is 12.5. The van der Waals surface area contributed by atoms with Crippen molar-refractivity contribution < 1.29 is 9.59 Å². The van der Waals surface area contributed by atoms with Crippen LogP contribution in [-0.4, -0.2) is 54.3 Å². The number of rotatable bonds is 6. The molecule has 0 aliphatic carbocycles. The van der Waals surface area contributed by atoms with Crippen LogP contribution in [-0.2, 0) is 11.2 Å². The minimum absolute atomic E-state index is 0.0145. The molecule has 28 heavy (non-hydrogen) atoms. The van der Waals surface area contributed by atoms with Crippen LogP contribution in [0.5, 0.6) is 0 Å². The summed E-state index contributed by atoms with van der Waals surface area (Å²) in [6, 6.07) is 17.7. The molecule has 1 aliphatic rings. The Balaban J connectivity index is 1.45. The predicted octanol–water partition coefficient (Wildman–Crippen LogP) is 2.88. The quantitative estimate of drug-likeness (QED) is 0.840. The monoisotopic (exact) mass is 379 g/mol. The number of amides is 2. The summed E-state index contributed by atoms with van der Waals surface area (Å²) in [6.07, 6.45) is 1.01. The van der Waals surface area contributed by atoms with Gasteiger partial charge in [-0.15, -0.1) is 0 Å². The molecule has 0 unspecified atom stereocenters. The Morgan fingerprint density at radius 2 is 1.61 bits per heavy atom. The predicted molar refractivity (Wildman–Crippen MR) is 111 cm³/mol. The van der Waals surface area contributed by atoms with Gasteiger partial charge in [-0.1, -0.05) is 49.4 Å². The van der Waals surface area contributed by atoms with Gasteiger partial charge in [0.05, 0.1) is 12.6 Å². The molecule has 1 aliphatic heterocycles. The number of nitrogens with zero attached hydrogens (tertiary/aromatic N) is 2. The van der Waals surface area contributed by atoms with Crippen LogP contribution in [0.2, 0.25) is 0 Å². The van der Waals surface area contributed by atoms with E-state index in [0.717, 1.165) is 17.5 Å². The Bertz CT molecular complexity index is 781. The van der Waals surface area contributed by atoms with Crippen molar-refractivity contribution >= 4 is 11.8 Å². The van der Waals surface area contributed by atoms with Crippen LogP contribution >= 0.6 is 0 Å². The first-order chi connectivity index (χ1) is 13.6. The van der Waals surface area contributed by atoms with Gasteiger partial charge in [0.1, 0.15) is 0 Å². The van der Waals surface area contributed by atoms with Crippen molar-refractivity contribution in [1.29, 1.82) is 0 Å². The van der Waals surface area contributed by atoms with E-state index in [1.54, 1.807) is 0 Å². The van der Waals surface area contributed by atoms with E-state index in [1.807, 2.05) is 42.2 Å². The molecule has 148 valence electrons. The summed E-state index contributed by atoms with van der Waals surface area (Å²) in [4.78, 5) is 28.9. The van der Waals surface area contributed by atoms with Gasteiger partial charge in [-0.2, -0.15) is 0 Å². The number of piperazine rings is 1. The molecule has 2 amide bonds. The summed E-state index contributed by atoms with van der Waals surface area (Å²) in [7, 11) is 0. The van der Waals surface area contributed by atoms with E-state index < -0.39 is 0 Å². The zero-order chi connectivity index (χ0) is 19.9. The van der Waals surface area contributed by atoms with E-state index >= 15 is 0 Å². The van der Waals surface area contributed by atoms with E-state index in [9.17, 15) is 9.59 Å². The van der Waals surface area contributed by atoms with Crippen LogP contribution in [0.25, 0.3) is 0 Å². The molecule has 0 radical (unpaired) electrons. The summed E-state index contributed by atoms with van der Waals surface area (Å²) in [5.74, 6) is 0.0868. The number of hydrogen-bond acceptors (Lipinski definition) is 3. The molecule has 1 N–H and O–H groups in total.